The summed E-state index contributed by atoms with van der Waals surface area (Å²) in [7, 11) is -2.55. The van der Waals surface area contributed by atoms with Crippen LogP contribution in [0.2, 0.25) is 5.15 Å². The fraction of sp³-hybridized carbons (Fsp3) is 0.400. The molecule has 0 unspecified atom stereocenters. The van der Waals surface area contributed by atoms with Crippen molar-refractivity contribution in [3.8, 4) is 6.19 Å². The van der Waals surface area contributed by atoms with Crippen LogP contribution in [-0.4, -0.2) is 15.4 Å². The molecule has 0 spiro atoms. The summed E-state index contributed by atoms with van der Waals surface area (Å²) in [5, 5.41) is 8.44. The summed E-state index contributed by atoms with van der Waals surface area (Å²) in [6.45, 7) is 1.74. The molecule has 0 saturated carbocycles. The van der Waals surface area contributed by atoms with Gasteiger partial charge in [0.25, 0.3) is 0 Å². The molecule has 0 N–H and O–H groups in total. The Balaban J connectivity index is 0.00000225. The standard InChI is InChI=1S/C9H10ClN3OS.CH4/c1-7(15(2,14)13-6-11)8-3-4-9(10)12-5-8;/h3-5,7H,1-2H3;1H4/t7-,15+;/m1./s1. The predicted octanol–water partition coefficient (Wildman–Crippen LogP) is 3.01. The summed E-state index contributed by atoms with van der Waals surface area (Å²) < 4.78 is 15.3. The first kappa shape index (κ1) is 14.9. The maximum atomic E-state index is 11.9. The zero-order chi connectivity index (χ0) is 11.5. The Kier molecular flexibility index (Phi) is 5.42. The summed E-state index contributed by atoms with van der Waals surface area (Å²) in [5.41, 5.74) is 0.755. The molecule has 0 aromatic carbocycles. The summed E-state index contributed by atoms with van der Waals surface area (Å²) in [6.07, 6.45) is 4.57. The van der Waals surface area contributed by atoms with Crippen molar-refractivity contribution in [2.45, 2.75) is 19.6 Å². The average molecular weight is 260 g/mol. The highest BCUT2D eigenvalue weighted by Gasteiger charge is 2.16. The quantitative estimate of drug-likeness (QED) is 0.606. The highest BCUT2D eigenvalue weighted by Crippen LogP contribution is 2.22. The van der Waals surface area contributed by atoms with Gasteiger partial charge in [-0.3, -0.25) is 0 Å². The Labute approximate surface area is 101 Å². The molecule has 1 aromatic rings. The molecular formula is C10H14ClN3OS. The molecule has 88 valence electrons. The van der Waals surface area contributed by atoms with Crippen LogP contribution in [0.15, 0.2) is 22.7 Å². The number of nitrogens with zero attached hydrogens (tertiary/aromatic N) is 3. The third-order valence-electron chi connectivity index (χ3n) is 2.10. The third kappa shape index (κ3) is 3.47. The minimum Gasteiger partial charge on any atom is -0.248 e. The van der Waals surface area contributed by atoms with Crippen LogP contribution in [-0.2, 0) is 9.73 Å². The lowest BCUT2D eigenvalue weighted by atomic mass is 10.2. The molecule has 16 heavy (non-hydrogen) atoms. The van der Waals surface area contributed by atoms with Crippen LogP contribution >= 0.6 is 11.6 Å². The molecule has 0 aliphatic carbocycles. The molecule has 6 heteroatoms. The zero-order valence-corrected chi connectivity index (χ0v) is 9.92. The molecule has 1 rings (SSSR count). The molecule has 0 amide bonds. The van der Waals surface area contributed by atoms with E-state index in [4.69, 9.17) is 16.9 Å². The monoisotopic (exact) mass is 259 g/mol. The van der Waals surface area contributed by atoms with Crippen LogP contribution < -0.4 is 0 Å². The first-order valence-corrected chi connectivity index (χ1v) is 6.54. The van der Waals surface area contributed by atoms with Crippen molar-refractivity contribution in [2.75, 3.05) is 6.26 Å². The molecule has 0 aliphatic rings. The van der Waals surface area contributed by atoms with Gasteiger partial charge < -0.3 is 0 Å². The molecule has 0 bridgehead atoms. The first-order chi connectivity index (χ1) is 6.97. The number of hydrogen-bond acceptors (Lipinski definition) is 4. The fourth-order valence-corrected chi connectivity index (χ4v) is 2.12. The van der Waals surface area contributed by atoms with Crippen LogP contribution in [0.25, 0.3) is 0 Å². The number of hydrogen-bond donors (Lipinski definition) is 0. The Bertz CT molecular complexity index is 498. The van der Waals surface area contributed by atoms with E-state index in [-0.39, 0.29) is 12.7 Å². The van der Waals surface area contributed by atoms with E-state index in [0.717, 1.165) is 5.56 Å². The van der Waals surface area contributed by atoms with Gasteiger partial charge in [-0.15, -0.1) is 4.36 Å². The molecule has 4 nitrogen and oxygen atoms in total. The van der Waals surface area contributed by atoms with Gasteiger partial charge in [-0.2, -0.15) is 5.26 Å². The molecule has 2 atom stereocenters. The van der Waals surface area contributed by atoms with Crippen molar-refractivity contribution in [3.63, 3.8) is 0 Å². The normalized spacial score (nSPS) is 15.1. The summed E-state index contributed by atoms with van der Waals surface area (Å²) in [6, 6.07) is 3.35. The van der Waals surface area contributed by atoms with E-state index in [1.54, 1.807) is 31.4 Å². The Morgan fingerprint density at radius 3 is 2.69 bits per heavy atom. The largest absolute Gasteiger partial charge is 0.248 e. The molecular weight excluding hydrogens is 246 g/mol. The van der Waals surface area contributed by atoms with Gasteiger partial charge in [-0.05, 0) is 18.6 Å². The number of rotatable bonds is 2. The lowest BCUT2D eigenvalue weighted by Crippen LogP contribution is -2.07. The minimum atomic E-state index is -2.55. The van der Waals surface area contributed by atoms with Gasteiger partial charge in [0.2, 0.25) is 6.19 Å². The lowest BCUT2D eigenvalue weighted by molar-refractivity contribution is 0.673. The Hall–Kier alpha value is -1.12. The Morgan fingerprint density at radius 2 is 2.25 bits per heavy atom. The van der Waals surface area contributed by atoms with Gasteiger partial charge in [0.1, 0.15) is 5.15 Å². The van der Waals surface area contributed by atoms with Gasteiger partial charge in [0.05, 0.1) is 15.0 Å². The van der Waals surface area contributed by atoms with E-state index in [0.29, 0.717) is 5.15 Å². The molecule has 0 fully saturated rings. The second kappa shape index (κ2) is 5.83. The third-order valence-corrected chi connectivity index (χ3v) is 4.35. The van der Waals surface area contributed by atoms with Gasteiger partial charge >= 0.3 is 0 Å². The fourth-order valence-electron chi connectivity index (χ4n) is 1.04. The van der Waals surface area contributed by atoms with Crippen LogP contribution in [0.5, 0.6) is 0 Å². The van der Waals surface area contributed by atoms with E-state index in [9.17, 15) is 4.21 Å². The predicted molar refractivity (Wildman–Crippen MR) is 66.5 cm³/mol. The van der Waals surface area contributed by atoms with Crippen LogP contribution in [0.4, 0.5) is 0 Å². The average Bonchev–Trinajstić information content (AvgIpc) is 2.18. The van der Waals surface area contributed by atoms with Gasteiger partial charge in [-0.25, -0.2) is 9.19 Å². The second-order valence-corrected chi connectivity index (χ2v) is 6.11. The van der Waals surface area contributed by atoms with Crippen LogP contribution in [0.1, 0.15) is 25.2 Å². The number of nitriles is 1. The Morgan fingerprint density at radius 1 is 1.62 bits per heavy atom. The summed E-state index contributed by atoms with van der Waals surface area (Å²) >= 11 is 5.63. The maximum Gasteiger partial charge on any atom is 0.214 e. The molecule has 0 radical (unpaired) electrons. The molecule has 0 saturated heterocycles. The van der Waals surface area contributed by atoms with E-state index < -0.39 is 9.73 Å². The molecule has 1 aromatic heterocycles. The van der Waals surface area contributed by atoms with Crippen molar-refractivity contribution in [1.29, 1.82) is 5.26 Å². The highest BCUT2D eigenvalue weighted by atomic mass is 35.5. The van der Waals surface area contributed by atoms with Crippen molar-refractivity contribution in [2.24, 2.45) is 4.36 Å². The SMILES string of the molecule is C.C[C@H](c1ccc(Cl)nc1)[S@](C)(=O)=NC#N. The second-order valence-electron chi connectivity index (χ2n) is 3.11. The van der Waals surface area contributed by atoms with Crippen molar-refractivity contribution >= 4 is 21.3 Å². The minimum absolute atomic E-state index is 0. The lowest BCUT2D eigenvalue weighted by Gasteiger charge is -2.11. The summed E-state index contributed by atoms with van der Waals surface area (Å²) in [4.78, 5) is 3.89. The van der Waals surface area contributed by atoms with E-state index in [2.05, 4.69) is 9.35 Å². The smallest absolute Gasteiger partial charge is 0.214 e. The van der Waals surface area contributed by atoms with Gasteiger partial charge in [0.15, 0.2) is 0 Å². The highest BCUT2D eigenvalue weighted by molar-refractivity contribution is 7.93. The number of pyridine rings is 1. The first-order valence-electron chi connectivity index (χ1n) is 4.18. The van der Waals surface area contributed by atoms with Crippen molar-refractivity contribution in [3.05, 3.63) is 29.0 Å². The zero-order valence-electron chi connectivity index (χ0n) is 8.35. The number of aromatic nitrogens is 1. The topological polar surface area (TPSA) is 66.1 Å². The molecule has 1 heterocycles. The van der Waals surface area contributed by atoms with Gasteiger partial charge in [-0.1, -0.05) is 25.1 Å². The van der Waals surface area contributed by atoms with Crippen molar-refractivity contribution < 1.29 is 4.21 Å². The van der Waals surface area contributed by atoms with Gasteiger partial charge in [0, 0.05) is 12.5 Å². The van der Waals surface area contributed by atoms with E-state index in [1.165, 1.54) is 6.26 Å². The van der Waals surface area contributed by atoms with E-state index in [1.807, 2.05) is 0 Å². The number of halogens is 1. The maximum absolute atomic E-state index is 11.9. The van der Waals surface area contributed by atoms with Crippen LogP contribution in [0.3, 0.4) is 0 Å². The van der Waals surface area contributed by atoms with Crippen molar-refractivity contribution in [1.82, 2.24) is 4.98 Å². The van der Waals surface area contributed by atoms with E-state index >= 15 is 0 Å². The summed E-state index contributed by atoms with van der Waals surface area (Å²) in [5.74, 6) is 0. The molecule has 0 aliphatic heterocycles. The van der Waals surface area contributed by atoms with Crippen LogP contribution in [0, 0.1) is 11.5 Å².